The lowest BCUT2D eigenvalue weighted by Gasteiger charge is -2.34. The molecule has 9 nitrogen and oxygen atoms in total. The number of hydrogen-bond donors (Lipinski definition) is 0. The average Bonchev–Trinajstić information content (AvgIpc) is 2.89. The molecule has 0 heterocycles. The Hall–Kier alpha value is -4.92. The standard InChI is InChI=1S/C32H32O9/c1-7-28(34)38-24-12-8-23(9-13-24)30(36)40-27-17-16-26(18-21(27)2)39-29(35)22-10-14-25(15-11-22)41-32(5,6)19-31(3,4)37-20-33/h7-18,20H,1,19H2,2-6H3. The van der Waals surface area contributed by atoms with E-state index in [0.29, 0.717) is 35.5 Å². The average molecular weight is 561 g/mol. The number of esters is 3. The topological polar surface area (TPSA) is 114 Å². The first-order valence-corrected chi connectivity index (χ1v) is 12.7. The molecule has 0 bridgehead atoms. The molecule has 0 radical (unpaired) electrons. The van der Waals surface area contributed by atoms with Gasteiger partial charge in [0.25, 0.3) is 6.47 Å². The van der Waals surface area contributed by atoms with Crippen LogP contribution in [0.25, 0.3) is 0 Å². The fraction of sp³-hybridized carbons (Fsp3) is 0.250. The molecule has 0 aliphatic rings. The molecule has 0 aliphatic carbocycles. The van der Waals surface area contributed by atoms with Crippen molar-refractivity contribution in [2.45, 2.75) is 52.2 Å². The summed E-state index contributed by atoms with van der Waals surface area (Å²) in [6.45, 7) is 12.8. The van der Waals surface area contributed by atoms with Crippen molar-refractivity contribution in [2.24, 2.45) is 0 Å². The maximum Gasteiger partial charge on any atom is 0.343 e. The molecule has 0 atom stereocenters. The molecule has 0 aliphatic heterocycles. The summed E-state index contributed by atoms with van der Waals surface area (Å²) in [6.07, 6.45) is 1.49. The first-order valence-electron chi connectivity index (χ1n) is 12.7. The summed E-state index contributed by atoms with van der Waals surface area (Å²) in [5.41, 5.74) is -0.188. The van der Waals surface area contributed by atoms with Gasteiger partial charge in [-0.3, -0.25) is 4.79 Å². The van der Waals surface area contributed by atoms with E-state index < -0.39 is 29.1 Å². The zero-order chi connectivity index (χ0) is 30.2. The number of rotatable bonds is 12. The lowest BCUT2D eigenvalue weighted by Crippen LogP contribution is -2.39. The highest BCUT2D eigenvalue weighted by molar-refractivity contribution is 5.92. The Bertz CT molecular complexity index is 1420. The summed E-state index contributed by atoms with van der Waals surface area (Å²) in [5, 5.41) is 0. The molecule has 3 aromatic carbocycles. The van der Waals surface area contributed by atoms with Gasteiger partial charge in [0.1, 0.15) is 34.2 Å². The third-order valence-electron chi connectivity index (χ3n) is 5.74. The molecule has 0 unspecified atom stereocenters. The van der Waals surface area contributed by atoms with E-state index in [1.807, 2.05) is 13.8 Å². The fourth-order valence-electron chi connectivity index (χ4n) is 4.15. The Labute approximate surface area is 238 Å². The van der Waals surface area contributed by atoms with E-state index >= 15 is 0 Å². The molecular formula is C32H32O9. The van der Waals surface area contributed by atoms with Gasteiger partial charge in [-0.05, 0) is 107 Å². The van der Waals surface area contributed by atoms with Crippen LogP contribution in [0.1, 0.15) is 60.4 Å². The Morgan fingerprint density at radius 2 is 1.27 bits per heavy atom. The van der Waals surface area contributed by atoms with Crippen LogP contribution in [0.15, 0.2) is 79.4 Å². The van der Waals surface area contributed by atoms with Crippen LogP contribution in [0, 0.1) is 6.92 Å². The molecule has 0 fully saturated rings. The number of ether oxygens (including phenoxy) is 5. The summed E-state index contributed by atoms with van der Waals surface area (Å²) in [5.74, 6) is -0.400. The minimum absolute atomic E-state index is 0.257. The predicted molar refractivity (Wildman–Crippen MR) is 150 cm³/mol. The smallest absolute Gasteiger partial charge is 0.343 e. The fourth-order valence-corrected chi connectivity index (χ4v) is 4.15. The Kier molecular flexibility index (Phi) is 9.67. The molecule has 41 heavy (non-hydrogen) atoms. The molecule has 0 spiro atoms. The van der Waals surface area contributed by atoms with Crippen LogP contribution in [0.2, 0.25) is 0 Å². The second-order valence-corrected chi connectivity index (χ2v) is 10.4. The largest absolute Gasteiger partial charge is 0.488 e. The van der Waals surface area contributed by atoms with Crippen LogP contribution >= 0.6 is 0 Å². The van der Waals surface area contributed by atoms with Crippen molar-refractivity contribution < 1.29 is 42.9 Å². The Morgan fingerprint density at radius 3 is 1.80 bits per heavy atom. The minimum atomic E-state index is -0.698. The SMILES string of the molecule is C=CC(=O)Oc1ccc(C(=O)Oc2ccc(OC(=O)c3ccc(OC(C)(C)CC(C)(C)OC=O)cc3)cc2C)cc1. The zero-order valence-electron chi connectivity index (χ0n) is 23.6. The normalized spacial score (nSPS) is 11.1. The van der Waals surface area contributed by atoms with Gasteiger partial charge in [0.05, 0.1) is 11.1 Å². The summed E-state index contributed by atoms with van der Waals surface area (Å²) in [4.78, 5) is 47.3. The van der Waals surface area contributed by atoms with Gasteiger partial charge in [-0.25, -0.2) is 14.4 Å². The van der Waals surface area contributed by atoms with Crippen LogP contribution in [0.4, 0.5) is 0 Å². The molecule has 214 valence electrons. The van der Waals surface area contributed by atoms with Gasteiger partial charge in [-0.15, -0.1) is 0 Å². The van der Waals surface area contributed by atoms with Gasteiger partial charge in [0, 0.05) is 12.5 Å². The lowest BCUT2D eigenvalue weighted by molar-refractivity contribution is -0.144. The quantitative estimate of drug-likeness (QED) is 0.113. The van der Waals surface area contributed by atoms with Crippen LogP contribution in [0.3, 0.4) is 0 Å². The highest BCUT2D eigenvalue weighted by Crippen LogP contribution is 2.29. The highest BCUT2D eigenvalue weighted by Gasteiger charge is 2.32. The van der Waals surface area contributed by atoms with E-state index in [0.717, 1.165) is 6.08 Å². The molecule has 3 aromatic rings. The molecular weight excluding hydrogens is 528 g/mol. The Morgan fingerprint density at radius 1 is 0.732 bits per heavy atom. The second-order valence-electron chi connectivity index (χ2n) is 10.4. The van der Waals surface area contributed by atoms with Crippen molar-refractivity contribution in [3.63, 3.8) is 0 Å². The number of hydrogen-bond acceptors (Lipinski definition) is 9. The molecule has 0 saturated carbocycles. The van der Waals surface area contributed by atoms with Crippen molar-refractivity contribution in [3.05, 3.63) is 96.1 Å². The van der Waals surface area contributed by atoms with Crippen LogP contribution < -0.4 is 18.9 Å². The summed E-state index contributed by atoms with van der Waals surface area (Å²) in [6, 6.07) is 17.0. The maximum atomic E-state index is 12.7. The van der Waals surface area contributed by atoms with Crippen LogP contribution in [-0.4, -0.2) is 35.6 Å². The summed E-state index contributed by atoms with van der Waals surface area (Å²) in [7, 11) is 0. The van der Waals surface area contributed by atoms with E-state index in [4.69, 9.17) is 23.7 Å². The van der Waals surface area contributed by atoms with Crippen molar-refractivity contribution in [1.29, 1.82) is 0 Å². The van der Waals surface area contributed by atoms with E-state index in [1.54, 1.807) is 51.1 Å². The first-order chi connectivity index (χ1) is 19.3. The molecule has 0 amide bonds. The van der Waals surface area contributed by atoms with Crippen molar-refractivity contribution in [2.75, 3.05) is 0 Å². The number of carbonyl (C=O) groups is 4. The van der Waals surface area contributed by atoms with Crippen molar-refractivity contribution in [1.82, 2.24) is 0 Å². The molecule has 0 saturated heterocycles. The Balaban J connectivity index is 1.59. The number of carbonyl (C=O) groups excluding carboxylic acids is 4. The van der Waals surface area contributed by atoms with E-state index in [9.17, 15) is 19.2 Å². The number of aryl methyl sites for hydroxylation is 1. The lowest BCUT2D eigenvalue weighted by atomic mass is 9.92. The van der Waals surface area contributed by atoms with Gasteiger partial charge in [-0.1, -0.05) is 6.58 Å². The van der Waals surface area contributed by atoms with E-state index in [1.165, 1.54) is 36.4 Å². The summed E-state index contributed by atoms with van der Waals surface area (Å²) < 4.78 is 27.1. The van der Waals surface area contributed by atoms with Gasteiger partial charge in [-0.2, -0.15) is 0 Å². The van der Waals surface area contributed by atoms with E-state index in [-0.39, 0.29) is 17.1 Å². The third kappa shape index (κ3) is 9.06. The van der Waals surface area contributed by atoms with Crippen LogP contribution in [0.5, 0.6) is 23.0 Å². The predicted octanol–water partition coefficient (Wildman–Crippen LogP) is 6.02. The maximum absolute atomic E-state index is 12.7. The molecule has 3 rings (SSSR count). The van der Waals surface area contributed by atoms with Crippen molar-refractivity contribution in [3.8, 4) is 23.0 Å². The van der Waals surface area contributed by atoms with Gasteiger partial charge >= 0.3 is 17.9 Å². The van der Waals surface area contributed by atoms with Gasteiger partial charge in [0.15, 0.2) is 0 Å². The van der Waals surface area contributed by atoms with Crippen molar-refractivity contribution >= 4 is 24.4 Å². The highest BCUT2D eigenvalue weighted by atomic mass is 16.6. The molecule has 0 N–H and O–H groups in total. The van der Waals surface area contributed by atoms with Gasteiger partial charge < -0.3 is 23.7 Å². The van der Waals surface area contributed by atoms with Crippen LogP contribution in [-0.2, 0) is 14.3 Å². The molecule has 0 aromatic heterocycles. The second kappa shape index (κ2) is 13.0. The minimum Gasteiger partial charge on any atom is -0.488 e. The monoisotopic (exact) mass is 560 g/mol. The molecule has 9 heteroatoms. The summed E-state index contributed by atoms with van der Waals surface area (Å²) >= 11 is 0. The number of benzene rings is 3. The van der Waals surface area contributed by atoms with E-state index in [2.05, 4.69) is 6.58 Å². The third-order valence-corrected chi connectivity index (χ3v) is 5.74. The first kappa shape index (κ1) is 30.6. The van der Waals surface area contributed by atoms with Gasteiger partial charge in [0.2, 0.25) is 0 Å². The zero-order valence-corrected chi connectivity index (χ0v) is 23.6.